The van der Waals surface area contributed by atoms with Crippen LogP contribution in [0.15, 0.2) is 52.1 Å². The number of rotatable bonds is 6. The zero-order valence-corrected chi connectivity index (χ0v) is 15.3. The van der Waals surface area contributed by atoms with Crippen LogP contribution in [0.5, 0.6) is 11.5 Å². The topological polar surface area (TPSA) is 117 Å². The number of nitro benzene ring substituents is 1. The lowest BCUT2D eigenvalue weighted by Gasteiger charge is -2.26. The van der Waals surface area contributed by atoms with Gasteiger partial charge in [-0.05, 0) is 18.2 Å². The number of para-hydroxylation sites is 2. The molecule has 2 heterocycles. The molecule has 1 aromatic heterocycles. The number of nitro groups is 1. The number of non-ortho nitro benzene ring substituents is 1. The molecule has 0 aliphatic carbocycles. The summed E-state index contributed by atoms with van der Waals surface area (Å²) in [5, 5.41) is 13.9. The molecule has 28 heavy (non-hydrogen) atoms. The Morgan fingerprint density at radius 3 is 2.93 bits per heavy atom. The van der Waals surface area contributed by atoms with E-state index in [2.05, 4.69) is 10.3 Å². The number of ether oxygens (including phenoxy) is 2. The fourth-order valence-electron chi connectivity index (χ4n) is 2.64. The van der Waals surface area contributed by atoms with E-state index >= 15 is 0 Å². The van der Waals surface area contributed by atoms with Crippen molar-refractivity contribution in [3.8, 4) is 11.5 Å². The fourth-order valence-corrected chi connectivity index (χ4v) is 3.31. The van der Waals surface area contributed by atoms with Crippen molar-refractivity contribution in [2.75, 3.05) is 18.9 Å². The Morgan fingerprint density at radius 1 is 1.29 bits per heavy atom. The largest absolute Gasteiger partial charge is 0.486 e. The van der Waals surface area contributed by atoms with Gasteiger partial charge in [0.05, 0.1) is 17.2 Å². The Labute approximate surface area is 163 Å². The van der Waals surface area contributed by atoms with Crippen LogP contribution in [0.25, 0.3) is 11.1 Å². The Kier molecular flexibility index (Phi) is 5.02. The first-order valence-electron chi connectivity index (χ1n) is 8.41. The molecule has 1 N–H and O–H groups in total. The Morgan fingerprint density at radius 2 is 2.11 bits per heavy atom. The van der Waals surface area contributed by atoms with Crippen molar-refractivity contribution in [2.24, 2.45) is 0 Å². The van der Waals surface area contributed by atoms with E-state index in [9.17, 15) is 14.9 Å². The van der Waals surface area contributed by atoms with Gasteiger partial charge >= 0.3 is 0 Å². The van der Waals surface area contributed by atoms with Gasteiger partial charge in [-0.3, -0.25) is 14.9 Å². The minimum atomic E-state index is -0.496. The van der Waals surface area contributed by atoms with Gasteiger partial charge in [0.15, 0.2) is 17.1 Å². The number of thioether (sulfide) groups is 1. The smallest absolute Gasteiger partial charge is 0.271 e. The van der Waals surface area contributed by atoms with Gasteiger partial charge in [0.25, 0.3) is 10.9 Å². The second kappa shape index (κ2) is 7.77. The lowest BCUT2D eigenvalue weighted by atomic mass is 10.2. The maximum atomic E-state index is 12.1. The van der Waals surface area contributed by atoms with Crippen LogP contribution in [0.2, 0.25) is 0 Å². The molecule has 0 bridgehead atoms. The summed E-state index contributed by atoms with van der Waals surface area (Å²) in [5.74, 6) is 1.24. The van der Waals surface area contributed by atoms with Crippen molar-refractivity contribution in [3.63, 3.8) is 0 Å². The lowest BCUT2D eigenvalue weighted by molar-refractivity contribution is -0.384. The molecule has 0 radical (unpaired) electrons. The average molecular weight is 401 g/mol. The van der Waals surface area contributed by atoms with E-state index in [1.807, 2.05) is 24.3 Å². The van der Waals surface area contributed by atoms with Gasteiger partial charge < -0.3 is 19.2 Å². The van der Waals surface area contributed by atoms with E-state index in [1.165, 1.54) is 18.2 Å². The van der Waals surface area contributed by atoms with Crippen molar-refractivity contribution in [2.45, 2.75) is 11.3 Å². The first-order valence-corrected chi connectivity index (χ1v) is 9.40. The maximum Gasteiger partial charge on any atom is 0.271 e. The van der Waals surface area contributed by atoms with Crippen molar-refractivity contribution < 1.29 is 23.6 Å². The first kappa shape index (κ1) is 18.1. The van der Waals surface area contributed by atoms with Gasteiger partial charge in [-0.1, -0.05) is 23.9 Å². The minimum absolute atomic E-state index is 0.0635. The lowest BCUT2D eigenvalue weighted by Crippen LogP contribution is -2.41. The third-order valence-electron chi connectivity index (χ3n) is 3.98. The number of carbonyl (C=O) groups excluding carboxylic acids is 1. The molecule has 10 heteroatoms. The third-order valence-corrected chi connectivity index (χ3v) is 4.81. The van der Waals surface area contributed by atoms with Crippen LogP contribution in [-0.4, -0.2) is 40.8 Å². The number of benzene rings is 2. The molecule has 1 amide bonds. The predicted molar refractivity (Wildman–Crippen MR) is 101 cm³/mol. The Hall–Kier alpha value is -3.27. The zero-order chi connectivity index (χ0) is 19.5. The van der Waals surface area contributed by atoms with Crippen LogP contribution in [-0.2, 0) is 4.79 Å². The van der Waals surface area contributed by atoms with Gasteiger partial charge in [0.1, 0.15) is 18.2 Å². The number of oxazole rings is 1. The highest BCUT2D eigenvalue weighted by Crippen LogP contribution is 2.30. The van der Waals surface area contributed by atoms with E-state index in [1.54, 1.807) is 0 Å². The van der Waals surface area contributed by atoms with Crippen LogP contribution in [0.3, 0.4) is 0 Å². The molecule has 2 aromatic carbocycles. The zero-order valence-electron chi connectivity index (χ0n) is 14.5. The van der Waals surface area contributed by atoms with Gasteiger partial charge in [-0.15, -0.1) is 0 Å². The minimum Gasteiger partial charge on any atom is -0.486 e. The summed E-state index contributed by atoms with van der Waals surface area (Å²) in [7, 11) is 0. The van der Waals surface area contributed by atoms with Gasteiger partial charge in [-0.25, -0.2) is 4.98 Å². The van der Waals surface area contributed by atoms with Crippen molar-refractivity contribution in [1.82, 2.24) is 10.3 Å². The van der Waals surface area contributed by atoms with Crippen LogP contribution in [0.1, 0.15) is 0 Å². The molecule has 1 aliphatic rings. The number of hydrogen-bond acceptors (Lipinski definition) is 8. The predicted octanol–water partition coefficient (Wildman–Crippen LogP) is 2.78. The van der Waals surface area contributed by atoms with Crippen molar-refractivity contribution in [3.05, 3.63) is 52.6 Å². The number of nitrogens with one attached hydrogen (secondary N) is 1. The molecular weight excluding hydrogens is 386 g/mol. The second-order valence-electron chi connectivity index (χ2n) is 5.98. The van der Waals surface area contributed by atoms with Crippen molar-refractivity contribution >= 4 is 34.5 Å². The number of hydrogen-bond donors (Lipinski definition) is 1. The quantitative estimate of drug-likeness (QED) is 0.381. The molecule has 0 saturated carbocycles. The molecule has 4 rings (SSSR count). The monoisotopic (exact) mass is 401 g/mol. The average Bonchev–Trinajstić information content (AvgIpc) is 3.12. The number of amides is 1. The van der Waals surface area contributed by atoms with E-state index < -0.39 is 4.92 Å². The third kappa shape index (κ3) is 4.01. The summed E-state index contributed by atoms with van der Waals surface area (Å²) in [6.07, 6.45) is -0.270. The number of nitrogens with zero attached hydrogens (tertiary/aromatic N) is 2. The van der Waals surface area contributed by atoms with E-state index in [-0.39, 0.29) is 28.7 Å². The molecule has 144 valence electrons. The van der Waals surface area contributed by atoms with E-state index in [0.29, 0.717) is 35.8 Å². The Bertz CT molecular complexity index is 1040. The SMILES string of the molecule is O=C(CSc1nc2cc([N+](=O)[O-])ccc2o1)NC[C@@H]1COc2ccccc2O1. The molecule has 9 nitrogen and oxygen atoms in total. The number of carbonyl (C=O) groups is 1. The highest BCUT2D eigenvalue weighted by atomic mass is 32.2. The van der Waals surface area contributed by atoms with Crippen LogP contribution in [0, 0.1) is 10.1 Å². The van der Waals surface area contributed by atoms with Crippen LogP contribution >= 0.6 is 11.8 Å². The molecule has 0 fully saturated rings. The van der Waals surface area contributed by atoms with Gasteiger partial charge in [0, 0.05) is 12.1 Å². The molecule has 1 atom stereocenters. The normalized spacial score (nSPS) is 15.4. The summed E-state index contributed by atoms with van der Waals surface area (Å²) in [6.45, 7) is 0.668. The van der Waals surface area contributed by atoms with Crippen LogP contribution in [0.4, 0.5) is 5.69 Å². The van der Waals surface area contributed by atoms with E-state index in [4.69, 9.17) is 13.9 Å². The fraction of sp³-hybridized carbons (Fsp3) is 0.222. The molecule has 0 unspecified atom stereocenters. The molecule has 3 aromatic rings. The second-order valence-corrected chi connectivity index (χ2v) is 6.91. The first-order chi connectivity index (χ1) is 13.6. The number of aromatic nitrogens is 1. The standard InChI is InChI=1S/C18H15N3O6S/c22-17(19-8-12-9-25-15-3-1-2-4-16(15)26-12)10-28-18-20-13-7-11(21(23)24)5-6-14(13)27-18/h1-7,12H,8-10H2,(H,19,22)/t12-/m1/s1. The van der Waals surface area contributed by atoms with Gasteiger partial charge in [0.2, 0.25) is 5.91 Å². The maximum absolute atomic E-state index is 12.1. The molecule has 1 aliphatic heterocycles. The summed E-state index contributed by atoms with van der Waals surface area (Å²) in [6, 6.07) is 11.5. The molecule has 0 saturated heterocycles. The summed E-state index contributed by atoms with van der Waals surface area (Å²) in [5.41, 5.74) is 0.745. The number of fused-ring (bicyclic) bond motifs is 2. The highest BCUT2D eigenvalue weighted by Gasteiger charge is 2.21. The molecule has 0 spiro atoms. The highest BCUT2D eigenvalue weighted by molar-refractivity contribution is 7.99. The summed E-state index contributed by atoms with van der Waals surface area (Å²) < 4.78 is 16.9. The summed E-state index contributed by atoms with van der Waals surface area (Å²) in [4.78, 5) is 26.6. The summed E-state index contributed by atoms with van der Waals surface area (Å²) >= 11 is 1.11. The van der Waals surface area contributed by atoms with Crippen LogP contribution < -0.4 is 14.8 Å². The van der Waals surface area contributed by atoms with E-state index in [0.717, 1.165) is 11.8 Å². The van der Waals surface area contributed by atoms with Crippen molar-refractivity contribution in [1.29, 1.82) is 0 Å². The molecular formula is C18H15N3O6S. The Balaban J connectivity index is 1.28. The van der Waals surface area contributed by atoms with Gasteiger partial charge in [-0.2, -0.15) is 0 Å².